The number of nitrogens with two attached hydrogens (primary N) is 1. The molecule has 0 aromatic heterocycles. The van der Waals surface area contributed by atoms with E-state index in [1.807, 2.05) is 6.07 Å². The molecule has 1 heterocycles. The lowest BCUT2D eigenvalue weighted by Gasteiger charge is -2.34. The number of likely N-dealkylation sites (tertiary alicyclic amines) is 1. The zero-order valence-corrected chi connectivity index (χ0v) is 10.1. The van der Waals surface area contributed by atoms with Gasteiger partial charge in [-0.1, -0.05) is 6.07 Å². The molecule has 4 heteroatoms. The normalized spacial score (nSPS) is 26.0. The number of rotatable bonds is 2. The fraction of sp³-hybridized carbons (Fsp3) is 0.538. The minimum absolute atomic E-state index is 0.120. The molecule has 17 heavy (non-hydrogen) atoms. The van der Waals surface area contributed by atoms with Gasteiger partial charge >= 0.3 is 0 Å². The van der Waals surface area contributed by atoms with Crippen molar-refractivity contribution in [2.24, 2.45) is 5.92 Å². The van der Waals surface area contributed by atoms with Crippen molar-refractivity contribution >= 4 is 5.69 Å². The summed E-state index contributed by atoms with van der Waals surface area (Å²) in [7, 11) is 2.07. The van der Waals surface area contributed by atoms with Gasteiger partial charge in [-0.15, -0.1) is 0 Å². The first kappa shape index (κ1) is 12.2. The number of hydrogen-bond donors (Lipinski definition) is 3. The average Bonchev–Trinajstić information content (AvgIpc) is 2.29. The number of phenols is 1. The molecule has 0 radical (unpaired) electrons. The van der Waals surface area contributed by atoms with E-state index in [-0.39, 0.29) is 17.8 Å². The Morgan fingerprint density at radius 2 is 2.24 bits per heavy atom. The molecule has 0 bridgehead atoms. The van der Waals surface area contributed by atoms with E-state index < -0.39 is 0 Å². The molecule has 2 rings (SSSR count). The Kier molecular flexibility index (Phi) is 3.54. The zero-order valence-electron chi connectivity index (χ0n) is 10.1. The van der Waals surface area contributed by atoms with Crippen molar-refractivity contribution in [3.05, 3.63) is 23.8 Å². The van der Waals surface area contributed by atoms with Crippen LogP contribution < -0.4 is 5.73 Å². The molecule has 4 nitrogen and oxygen atoms in total. The van der Waals surface area contributed by atoms with Crippen molar-refractivity contribution in [2.45, 2.75) is 18.9 Å². The second kappa shape index (κ2) is 4.94. The second-order valence-corrected chi connectivity index (χ2v) is 4.98. The predicted molar refractivity (Wildman–Crippen MR) is 67.8 cm³/mol. The zero-order chi connectivity index (χ0) is 12.4. The Morgan fingerprint density at radius 3 is 2.94 bits per heavy atom. The molecule has 1 aromatic carbocycles. The van der Waals surface area contributed by atoms with Gasteiger partial charge in [0.15, 0.2) is 0 Å². The Bertz CT molecular complexity index is 395. The van der Waals surface area contributed by atoms with E-state index >= 15 is 0 Å². The number of nitrogens with zero attached hydrogens (tertiary/aromatic N) is 1. The van der Waals surface area contributed by atoms with Crippen LogP contribution in [-0.2, 0) is 6.42 Å². The summed E-state index contributed by atoms with van der Waals surface area (Å²) in [4.78, 5) is 2.24. The molecule has 0 spiro atoms. The maximum atomic E-state index is 9.96. The van der Waals surface area contributed by atoms with Crippen LogP contribution in [0.1, 0.15) is 12.0 Å². The number of piperidine rings is 1. The van der Waals surface area contributed by atoms with Crippen LogP contribution in [0.25, 0.3) is 0 Å². The molecule has 94 valence electrons. The minimum atomic E-state index is -0.235. The van der Waals surface area contributed by atoms with Crippen LogP contribution >= 0.6 is 0 Å². The van der Waals surface area contributed by atoms with Gasteiger partial charge in [-0.3, -0.25) is 0 Å². The maximum Gasteiger partial charge on any atom is 0.138 e. The van der Waals surface area contributed by atoms with Crippen LogP contribution in [0, 0.1) is 5.92 Å². The number of nitrogen functional groups attached to an aromatic ring is 1. The van der Waals surface area contributed by atoms with Crippen LogP contribution in [0.5, 0.6) is 5.75 Å². The Labute approximate surface area is 102 Å². The van der Waals surface area contributed by atoms with Crippen LogP contribution in [0.4, 0.5) is 5.69 Å². The topological polar surface area (TPSA) is 69.7 Å². The van der Waals surface area contributed by atoms with E-state index in [0.29, 0.717) is 5.69 Å². The van der Waals surface area contributed by atoms with Crippen molar-refractivity contribution in [1.82, 2.24) is 4.90 Å². The molecule has 1 aliphatic heterocycles. The number of aliphatic hydroxyl groups is 1. The summed E-state index contributed by atoms with van der Waals surface area (Å²) in [6, 6.07) is 5.27. The first-order chi connectivity index (χ1) is 8.06. The van der Waals surface area contributed by atoms with Crippen LogP contribution in [0.2, 0.25) is 0 Å². The molecule has 0 saturated carbocycles. The van der Waals surface area contributed by atoms with Crippen LogP contribution in [-0.4, -0.2) is 41.4 Å². The van der Waals surface area contributed by atoms with Crippen LogP contribution in [0.3, 0.4) is 0 Å². The molecule has 0 amide bonds. The molecule has 1 aliphatic rings. The smallest absolute Gasteiger partial charge is 0.138 e. The molecule has 0 aliphatic carbocycles. The summed E-state index contributed by atoms with van der Waals surface area (Å²) in [5.41, 5.74) is 7.14. The first-order valence-corrected chi connectivity index (χ1v) is 6.00. The highest BCUT2D eigenvalue weighted by Crippen LogP contribution is 2.25. The van der Waals surface area contributed by atoms with E-state index in [0.717, 1.165) is 31.5 Å². The standard InChI is InChI=1S/C13H20N2O2/c1-15-5-4-12(16)10(8-15)6-9-2-3-13(17)11(14)7-9/h2-3,7,10,12,16-17H,4-6,8,14H2,1H3. The fourth-order valence-electron chi connectivity index (χ4n) is 2.44. The SMILES string of the molecule is CN1CCC(O)C(Cc2ccc(O)c(N)c2)C1. The van der Waals surface area contributed by atoms with Crippen molar-refractivity contribution in [3.8, 4) is 5.75 Å². The van der Waals surface area contributed by atoms with E-state index in [9.17, 15) is 10.2 Å². The van der Waals surface area contributed by atoms with Gasteiger partial charge in [0.05, 0.1) is 11.8 Å². The summed E-state index contributed by atoms with van der Waals surface area (Å²) in [5.74, 6) is 0.368. The fourth-order valence-corrected chi connectivity index (χ4v) is 2.44. The van der Waals surface area contributed by atoms with Gasteiger partial charge < -0.3 is 20.8 Å². The molecule has 4 N–H and O–H groups in total. The third-order valence-electron chi connectivity index (χ3n) is 3.49. The summed E-state index contributed by atoms with van der Waals surface area (Å²) >= 11 is 0. The number of hydrogen-bond acceptors (Lipinski definition) is 4. The van der Waals surface area contributed by atoms with Crippen LogP contribution in [0.15, 0.2) is 18.2 Å². The molecular weight excluding hydrogens is 216 g/mol. The lowest BCUT2D eigenvalue weighted by Crippen LogP contribution is -2.41. The summed E-state index contributed by atoms with van der Waals surface area (Å²) in [6.45, 7) is 1.86. The highest BCUT2D eigenvalue weighted by Gasteiger charge is 2.26. The van der Waals surface area contributed by atoms with Gasteiger partial charge in [-0.2, -0.15) is 0 Å². The van der Waals surface area contributed by atoms with Gasteiger partial charge in [-0.05, 0) is 37.6 Å². The molecule has 1 saturated heterocycles. The number of aromatic hydroxyl groups is 1. The van der Waals surface area contributed by atoms with Crippen molar-refractivity contribution in [1.29, 1.82) is 0 Å². The quantitative estimate of drug-likeness (QED) is 0.525. The molecular formula is C13H20N2O2. The van der Waals surface area contributed by atoms with Crippen molar-refractivity contribution in [3.63, 3.8) is 0 Å². The van der Waals surface area contributed by atoms with Crippen molar-refractivity contribution < 1.29 is 10.2 Å². The molecule has 1 aromatic rings. The largest absolute Gasteiger partial charge is 0.506 e. The first-order valence-electron chi connectivity index (χ1n) is 6.00. The Hall–Kier alpha value is -1.26. The van der Waals surface area contributed by atoms with Crippen molar-refractivity contribution in [2.75, 3.05) is 25.9 Å². The lowest BCUT2D eigenvalue weighted by molar-refractivity contribution is 0.0366. The van der Waals surface area contributed by atoms with Gasteiger partial charge in [0.2, 0.25) is 0 Å². The lowest BCUT2D eigenvalue weighted by atomic mass is 9.89. The second-order valence-electron chi connectivity index (χ2n) is 4.98. The van der Waals surface area contributed by atoms with Gasteiger partial charge in [0.1, 0.15) is 5.75 Å². The number of anilines is 1. The summed E-state index contributed by atoms with van der Waals surface area (Å²) in [6.07, 6.45) is 1.39. The summed E-state index contributed by atoms with van der Waals surface area (Å²) in [5, 5.41) is 19.3. The third-order valence-corrected chi connectivity index (χ3v) is 3.49. The minimum Gasteiger partial charge on any atom is -0.506 e. The Morgan fingerprint density at radius 1 is 1.47 bits per heavy atom. The van der Waals surface area contributed by atoms with Gasteiger partial charge in [0.25, 0.3) is 0 Å². The highest BCUT2D eigenvalue weighted by atomic mass is 16.3. The predicted octanol–water partition coefficient (Wildman–Crippen LogP) is 0.829. The van der Waals surface area contributed by atoms with E-state index in [1.165, 1.54) is 0 Å². The van der Waals surface area contributed by atoms with E-state index in [1.54, 1.807) is 12.1 Å². The monoisotopic (exact) mass is 236 g/mol. The maximum absolute atomic E-state index is 9.96. The highest BCUT2D eigenvalue weighted by molar-refractivity contribution is 5.53. The third kappa shape index (κ3) is 2.90. The Balaban J connectivity index is 2.06. The number of aliphatic hydroxyl groups excluding tert-OH is 1. The average molecular weight is 236 g/mol. The molecule has 2 atom stereocenters. The van der Waals surface area contributed by atoms with Gasteiger partial charge in [-0.25, -0.2) is 0 Å². The number of phenolic OH excluding ortho intramolecular Hbond substituents is 1. The molecule has 1 fully saturated rings. The molecule has 2 unspecified atom stereocenters. The van der Waals surface area contributed by atoms with Gasteiger partial charge in [0, 0.05) is 19.0 Å². The summed E-state index contributed by atoms with van der Waals surface area (Å²) < 4.78 is 0. The van der Waals surface area contributed by atoms with E-state index in [2.05, 4.69) is 11.9 Å². The van der Waals surface area contributed by atoms with E-state index in [4.69, 9.17) is 5.73 Å². The number of benzene rings is 1.